The standard InChI is InChI=1S/C12H20BFN2O2/c1-10(2)11(3,4)18-13(17-10)9-7-15-16(8-9)12(5,6)14/h7-8H,1-6H3. The van der Waals surface area contributed by atoms with Crippen molar-refractivity contribution in [3.05, 3.63) is 12.4 Å². The van der Waals surface area contributed by atoms with Crippen LogP contribution in [0.4, 0.5) is 4.39 Å². The zero-order valence-electron chi connectivity index (χ0n) is 11.8. The van der Waals surface area contributed by atoms with Crippen molar-refractivity contribution < 1.29 is 13.7 Å². The summed E-state index contributed by atoms with van der Waals surface area (Å²) in [5, 5.41) is 4.01. The average molecular weight is 254 g/mol. The van der Waals surface area contributed by atoms with Crippen molar-refractivity contribution in [3.63, 3.8) is 0 Å². The second kappa shape index (κ2) is 3.81. The fourth-order valence-electron chi connectivity index (χ4n) is 1.73. The van der Waals surface area contributed by atoms with Crippen molar-refractivity contribution in [2.75, 3.05) is 0 Å². The maximum Gasteiger partial charge on any atom is 0.498 e. The van der Waals surface area contributed by atoms with E-state index in [0.29, 0.717) is 0 Å². The van der Waals surface area contributed by atoms with E-state index in [1.54, 1.807) is 12.4 Å². The van der Waals surface area contributed by atoms with Gasteiger partial charge in [0.2, 0.25) is 0 Å². The highest BCUT2D eigenvalue weighted by Crippen LogP contribution is 2.36. The summed E-state index contributed by atoms with van der Waals surface area (Å²) in [6.07, 6.45) is 3.21. The third-order valence-corrected chi connectivity index (χ3v) is 3.67. The Hall–Kier alpha value is -0.875. The minimum atomic E-state index is -1.53. The van der Waals surface area contributed by atoms with Gasteiger partial charge in [-0.05, 0) is 41.5 Å². The molecule has 100 valence electrons. The summed E-state index contributed by atoms with van der Waals surface area (Å²) in [7, 11) is -0.494. The fraction of sp³-hybridized carbons (Fsp3) is 0.750. The molecule has 18 heavy (non-hydrogen) atoms. The van der Waals surface area contributed by atoms with Crippen molar-refractivity contribution >= 4 is 12.6 Å². The van der Waals surface area contributed by atoms with Gasteiger partial charge in [-0.3, -0.25) is 0 Å². The average Bonchev–Trinajstić information content (AvgIpc) is 2.69. The normalized spacial score (nSPS) is 22.5. The first-order valence-electron chi connectivity index (χ1n) is 6.12. The van der Waals surface area contributed by atoms with Crippen LogP contribution in [0.1, 0.15) is 41.5 Å². The Morgan fingerprint density at radius 2 is 1.72 bits per heavy atom. The minimum absolute atomic E-state index is 0.398. The van der Waals surface area contributed by atoms with Gasteiger partial charge in [-0.2, -0.15) is 5.10 Å². The molecule has 2 heterocycles. The third-order valence-electron chi connectivity index (χ3n) is 3.67. The van der Waals surface area contributed by atoms with Crippen LogP contribution in [0.3, 0.4) is 0 Å². The van der Waals surface area contributed by atoms with E-state index in [1.807, 2.05) is 27.7 Å². The molecule has 1 aromatic heterocycles. The van der Waals surface area contributed by atoms with Gasteiger partial charge in [0.25, 0.3) is 0 Å². The number of aromatic nitrogens is 2. The zero-order chi connectivity index (χ0) is 13.8. The Kier molecular flexibility index (Phi) is 2.87. The van der Waals surface area contributed by atoms with Gasteiger partial charge in [-0.25, -0.2) is 9.07 Å². The smallest absolute Gasteiger partial charge is 0.399 e. The Labute approximate surface area is 108 Å². The second-order valence-electron chi connectivity index (χ2n) is 6.22. The molecule has 0 N–H and O–H groups in total. The van der Waals surface area contributed by atoms with Crippen LogP contribution in [0, 0.1) is 0 Å². The topological polar surface area (TPSA) is 36.3 Å². The van der Waals surface area contributed by atoms with E-state index >= 15 is 0 Å². The summed E-state index contributed by atoms with van der Waals surface area (Å²) in [6, 6.07) is 0. The molecule has 0 unspecified atom stereocenters. The fourth-order valence-corrected chi connectivity index (χ4v) is 1.73. The predicted octanol–water partition coefficient (Wildman–Crippen LogP) is 1.84. The van der Waals surface area contributed by atoms with Crippen LogP contribution in [-0.2, 0) is 15.1 Å². The minimum Gasteiger partial charge on any atom is -0.399 e. The molecule has 4 nitrogen and oxygen atoms in total. The molecule has 1 aliphatic rings. The molecule has 1 aliphatic heterocycles. The number of hydrogen-bond acceptors (Lipinski definition) is 3. The molecule has 6 heteroatoms. The van der Waals surface area contributed by atoms with Crippen LogP contribution in [0.25, 0.3) is 0 Å². The first kappa shape index (κ1) is 13.6. The van der Waals surface area contributed by atoms with Crippen molar-refractivity contribution in [2.24, 2.45) is 0 Å². The molecule has 0 atom stereocenters. The van der Waals surface area contributed by atoms with E-state index in [2.05, 4.69) is 5.10 Å². The van der Waals surface area contributed by atoms with Crippen molar-refractivity contribution in [1.29, 1.82) is 0 Å². The molecule has 0 bridgehead atoms. The highest BCUT2D eigenvalue weighted by Gasteiger charge is 2.52. The number of nitrogens with zero attached hydrogens (tertiary/aromatic N) is 2. The quantitative estimate of drug-likeness (QED) is 0.755. The van der Waals surface area contributed by atoms with E-state index in [-0.39, 0.29) is 0 Å². The van der Waals surface area contributed by atoms with Gasteiger partial charge in [0.15, 0.2) is 5.79 Å². The molecule has 2 rings (SSSR count). The summed E-state index contributed by atoms with van der Waals surface area (Å²) in [6.45, 7) is 10.8. The maximum absolute atomic E-state index is 13.7. The Morgan fingerprint density at radius 3 is 2.11 bits per heavy atom. The van der Waals surface area contributed by atoms with Gasteiger partial charge in [-0.15, -0.1) is 0 Å². The summed E-state index contributed by atoms with van der Waals surface area (Å²) in [5.74, 6) is -1.53. The highest BCUT2D eigenvalue weighted by atomic mass is 19.1. The van der Waals surface area contributed by atoms with Gasteiger partial charge in [0.1, 0.15) is 0 Å². The SMILES string of the molecule is CC(C)(F)n1cc(B2OC(C)(C)C(C)(C)O2)cn1. The lowest BCUT2D eigenvalue weighted by molar-refractivity contribution is 0.00578. The molecule has 0 saturated carbocycles. The number of hydrogen-bond donors (Lipinski definition) is 0. The maximum atomic E-state index is 13.7. The largest absolute Gasteiger partial charge is 0.498 e. The van der Waals surface area contributed by atoms with Gasteiger partial charge >= 0.3 is 7.12 Å². The lowest BCUT2D eigenvalue weighted by atomic mass is 9.82. The summed E-state index contributed by atoms with van der Waals surface area (Å²) in [4.78, 5) is 0. The Morgan fingerprint density at radius 1 is 1.22 bits per heavy atom. The van der Waals surface area contributed by atoms with Crippen molar-refractivity contribution in [1.82, 2.24) is 9.78 Å². The molecule has 0 radical (unpaired) electrons. The predicted molar refractivity (Wildman–Crippen MR) is 68.4 cm³/mol. The Bertz CT molecular complexity index is 435. The van der Waals surface area contributed by atoms with E-state index in [0.717, 1.165) is 5.46 Å². The zero-order valence-corrected chi connectivity index (χ0v) is 11.8. The van der Waals surface area contributed by atoms with E-state index < -0.39 is 24.1 Å². The summed E-state index contributed by atoms with van der Waals surface area (Å²) >= 11 is 0. The molecule has 1 saturated heterocycles. The van der Waals surface area contributed by atoms with Gasteiger partial charge < -0.3 is 9.31 Å². The molecule has 0 spiro atoms. The second-order valence-corrected chi connectivity index (χ2v) is 6.22. The number of rotatable bonds is 2. The van der Waals surface area contributed by atoms with Crippen LogP contribution in [0.15, 0.2) is 12.4 Å². The lowest BCUT2D eigenvalue weighted by Gasteiger charge is -2.32. The van der Waals surface area contributed by atoms with Crippen LogP contribution < -0.4 is 5.46 Å². The van der Waals surface area contributed by atoms with Crippen LogP contribution in [-0.4, -0.2) is 28.1 Å². The van der Waals surface area contributed by atoms with E-state index in [1.165, 1.54) is 18.5 Å². The summed E-state index contributed by atoms with van der Waals surface area (Å²) in [5.41, 5.74) is -0.0601. The summed E-state index contributed by atoms with van der Waals surface area (Å²) < 4.78 is 26.8. The molecule has 0 amide bonds. The van der Waals surface area contributed by atoms with Crippen LogP contribution in [0.2, 0.25) is 0 Å². The molecule has 0 aliphatic carbocycles. The highest BCUT2D eigenvalue weighted by molar-refractivity contribution is 6.61. The molecule has 1 fully saturated rings. The monoisotopic (exact) mass is 254 g/mol. The molecular weight excluding hydrogens is 234 g/mol. The van der Waals surface area contributed by atoms with Crippen molar-refractivity contribution in [3.8, 4) is 0 Å². The third kappa shape index (κ3) is 2.19. The first-order chi connectivity index (χ1) is 8.03. The van der Waals surface area contributed by atoms with Crippen LogP contribution in [0.5, 0.6) is 0 Å². The first-order valence-corrected chi connectivity index (χ1v) is 6.12. The van der Waals surface area contributed by atoms with Gasteiger partial charge in [0.05, 0.1) is 11.2 Å². The number of halogens is 1. The van der Waals surface area contributed by atoms with Crippen molar-refractivity contribution in [2.45, 2.75) is 58.5 Å². The molecule has 0 aromatic carbocycles. The molecule has 1 aromatic rings. The van der Waals surface area contributed by atoms with Gasteiger partial charge in [-0.1, -0.05) is 0 Å². The van der Waals surface area contributed by atoms with E-state index in [9.17, 15) is 4.39 Å². The lowest BCUT2D eigenvalue weighted by Crippen LogP contribution is -2.41. The van der Waals surface area contributed by atoms with E-state index in [4.69, 9.17) is 9.31 Å². The van der Waals surface area contributed by atoms with Gasteiger partial charge in [0, 0.05) is 17.9 Å². The Balaban J connectivity index is 2.23. The van der Waals surface area contributed by atoms with Crippen LogP contribution >= 0.6 is 0 Å². The molecular formula is C12H20BFN2O2. The number of alkyl halides is 1.